The summed E-state index contributed by atoms with van der Waals surface area (Å²) in [5, 5.41) is 0. The number of hydrogen-bond donors (Lipinski definition) is 1. The van der Waals surface area contributed by atoms with Crippen molar-refractivity contribution in [3.8, 4) is 0 Å². The van der Waals surface area contributed by atoms with Crippen LogP contribution in [0.1, 0.15) is 46.0 Å². The number of nitrogens with two attached hydrogens (primary N) is 1. The van der Waals surface area contributed by atoms with E-state index in [9.17, 15) is 4.79 Å². The molecule has 0 amide bonds. The van der Waals surface area contributed by atoms with Crippen molar-refractivity contribution in [1.29, 1.82) is 0 Å². The van der Waals surface area contributed by atoms with Crippen molar-refractivity contribution in [1.82, 2.24) is 4.90 Å². The van der Waals surface area contributed by atoms with E-state index in [0.29, 0.717) is 0 Å². The summed E-state index contributed by atoms with van der Waals surface area (Å²) >= 11 is 0. The van der Waals surface area contributed by atoms with E-state index in [4.69, 9.17) is 10.5 Å². The van der Waals surface area contributed by atoms with Gasteiger partial charge >= 0.3 is 5.97 Å². The van der Waals surface area contributed by atoms with Crippen LogP contribution in [-0.4, -0.2) is 43.2 Å². The number of carbonyl (C=O) groups excluding carboxylic acids is 1. The lowest BCUT2D eigenvalue weighted by atomic mass is 9.85. The van der Waals surface area contributed by atoms with Crippen molar-refractivity contribution in [2.45, 2.75) is 51.5 Å². The fourth-order valence-electron chi connectivity index (χ4n) is 4.28. The molecular weight excluding hydrogens is 252 g/mol. The molecule has 1 saturated carbocycles. The van der Waals surface area contributed by atoms with Crippen LogP contribution >= 0.6 is 0 Å². The van der Waals surface area contributed by atoms with E-state index in [1.54, 1.807) is 0 Å². The maximum Gasteiger partial charge on any atom is 0.326 e. The second kappa shape index (κ2) is 6.44. The van der Waals surface area contributed by atoms with Crippen molar-refractivity contribution in [2.75, 3.05) is 26.7 Å². The van der Waals surface area contributed by atoms with Gasteiger partial charge in [0.05, 0.1) is 7.11 Å². The maximum atomic E-state index is 11.9. The Balaban J connectivity index is 1.88. The molecule has 2 N–H and O–H groups in total. The minimum atomic E-state index is -0.734. The highest BCUT2D eigenvalue weighted by atomic mass is 16.5. The summed E-state index contributed by atoms with van der Waals surface area (Å²) in [6.45, 7) is 8.11. The summed E-state index contributed by atoms with van der Waals surface area (Å²) in [5.74, 6) is 1.62. The highest BCUT2D eigenvalue weighted by Crippen LogP contribution is 2.37. The molecule has 4 heteroatoms. The van der Waals surface area contributed by atoms with Crippen LogP contribution in [0.2, 0.25) is 0 Å². The van der Waals surface area contributed by atoms with Crippen molar-refractivity contribution in [3.63, 3.8) is 0 Å². The van der Waals surface area contributed by atoms with Crippen LogP contribution in [0.15, 0.2) is 0 Å². The molecule has 1 heterocycles. The fourth-order valence-corrected chi connectivity index (χ4v) is 4.28. The van der Waals surface area contributed by atoms with E-state index >= 15 is 0 Å². The molecular formula is C16H30N2O2. The molecule has 0 aromatic carbocycles. The predicted octanol–water partition coefficient (Wildman–Crippen LogP) is 2.02. The Morgan fingerprint density at radius 3 is 2.60 bits per heavy atom. The number of carbonyl (C=O) groups is 1. The molecule has 1 saturated heterocycles. The summed E-state index contributed by atoms with van der Waals surface area (Å²) in [7, 11) is 1.44. The fraction of sp³-hybridized carbons (Fsp3) is 0.938. The highest BCUT2D eigenvalue weighted by Gasteiger charge is 2.46. The summed E-state index contributed by atoms with van der Waals surface area (Å²) in [6.07, 6.45) is 5.23. The zero-order valence-electron chi connectivity index (χ0n) is 13.2. The van der Waals surface area contributed by atoms with Crippen molar-refractivity contribution >= 4 is 5.97 Å². The third-order valence-corrected chi connectivity index (χ3v) is 5.18. The largest absolute Gasteiger partial charge is 0.468 e. The molecule has 0 spiro atoms. The van der Waals surface area contributed by atoms with Gasteiger partial charge < -0.3 is 15.4 Å². The molecule has 2 fully saturated rings. The first-order chi connectivity index (χ1) is 9.45. The lowest BCUT2D eigenvalue weighted by molar-refractivity contribution is -0.148. The second-order valence-electron chi connectivity index (χ2n) is 7.12. The van der Waals surface area contributed by atoms with Crippen LogP contribution in [0.5, 0.6) is 0 Å². The number of ether oxygens (including phenoxy) is 1. The van der Waals surface area contributed by atoms with E-state index in [-0.39, 0.29) is 11.9 Å². The second-order valence-corrected chi connectivity index (χ2v) is 7.12. The number of likely N-dealkylation sites (tertiary alicyclic amines) is 1. The molecule has 4 nitrogen and oxygen atoms in total. The van der Waals surface area contributed by atoms with Gasteiger partial charge in [-0.15, -0.1) is 0 Å². The van der Waals surface area contributed by atoms with Crippen LogP contribution in [0, 0.1) is 17.8 Å². The number of methoxy groups -OCH3 is 1. The zero-order valence-corrected chi connectivity index (χ0v) is 13.2. The SMILES string of the molecule is COC(=O)C1(N)CCCC1CCN1CC(C)CC(C)C1. The Morgan fingerprint density at radius 2 is 2.00 bits per heavy atom. The Labute approximate surface area is 123 Å². The first-order valence-electron chi connectivity index (χ1n) is 8.05. The molecule has 0 aromatic heterocycles. The van der Waals surface area contributed by atoms with E-state index in [0.717, 1.165) is 44.1 Å². The highest BCUT2D eigenvalue weighted by molar-refractivity contribution is 5.81. The average molecular weight is 282 g/mol. The molecule has 4 unspecified atom stereocenters. The number of nitrogens with zero attached hydrogens (tertiary/aromatic N) is 1. The van der Waals surface area contributed by atoms with Crippen LogP contribution in [0.4, 0.5) is 0 Å². The van der Waals surface area contributed by atoms with Gasteiger partial charge in [-0.2, -0.15) is 0 Å². The summed E-state index contributed by atoms with van der Waals surface area (Å²) in [4.78, 5) is 14.5. The lowest BCUT2D eigenvalue weighted by Crippen LogP contribution is -2.52. The average Bonchev–Trinajstić information content (AvgIpc) is 2.77. The van der Waals surface area contributed by atoms with Crippen LogP contribution < -0.4 is 5.73 Å². The summed E-state index contributed by atoms with van der Waals surface area (Å²) < 4.78 is 4.92. The molecule has 4 atom stereocenters. The first kappa shape index (κ1) is 15.8. The van der Waals surface area contributed by atoms with Crippen LogP contribution in [0.25, 0.3) is 0 Å². The molecule has 1 aliphatic carbocycles. The van der Waals surface area contributed by atoms with Gasteiger partial charge in [0.15, 0.2) is 0 Å². The van der Waals surface area contributed by atoms with Gasteiger partial charge in [-0.3, -0.25) is 4.79 Å². The zero-order chi connectivity index (χ0) is 14.8. The van der Waals surface area contributed by atoms with Gasteiger partial charge in [-0.1, -0.05) is 20.3 Å². The maximum absolute atomic E-state index is 11.9. The molecule has 0 bridgehead atoms. The Hall–Kier alpha value is -0.610. The van der Waals surface area contributed by atoms with E-state index in [1.807, 2.05) is 0 Å². The van der Waals surface area contributed by atoms with Gasteiger partial charge in [0.2, 0.25) is 0 Å². The Morgan fingerprint density at radius 1 is 1.35 bits per heavy atom. The normalized spacial score (nSPS) is 38.9. The third-order valence-electron chi connectivity index (χ3n) is 5.18. The third kappa shape index (κ3) is 3.34. The van der Waals surface area contributed by atoms with Gasteiger partial charge in [0.25, 0.3) is 0 Å². The molecule has 116 valence electrons. The minimum absolute atomic E-state index is 0.222. The number of esters is 1. The van der Waals surface area contributed by atoms with Gasteiger partial charge in [0, 0.05) is 13.1 Å². The number of rotatable bonds is 4. The molecule has 0 aromatic rings. The van der Waals surface area contributed by atoms with E-state index < -0.39 is 5.54 Å². The quantitative estimate of drug-likeness (QED) is 0.802. The minimum Gasteiger partial charge on any atom is -0.468 e. The van der Waals surface area contributed by atoms with Crippen LogP contribution in [-0.2, 0) is 9.53 Å². The van der Waals surface area contributed by atoms with E-state index in [2.05, 4.69) is 18.7 Å². The molecule has 2 rings (SSSR count). The number of piperidine rings is 1. The van der Waals surface area contributed by atoms with E-state index in [1.165, 1.54) is 26.6 Å². The van der Waals surface area contributed by atoms with Crippen molar-refractivity contribution in [2.24, 2.45) is 23.5 Å². The molecule has 1 aliphatic heterocycles. The van der Waals surface area contributed by atoms with Gasteiger partial charge in [-0.25, -0.2) is 0 Å². The summed E-state index contributed by atoms with van der Waals surface area (Å²) in [6, 6.07) is 0. The lowest BCUT2D eigenvalue weighted by Gasteiger charge is -2.36. The Bertz CT molecular complexity index is 337. The standard InChI is InChI=1S/C16H30N2O2/c1-12-9-13(2)11-18(10-12)8-6-14-5-4-7-16(14,17)15(19)20-3/h12-14H,4-11,17H2,1-3H3. The van der Waals surface area contributed by atoms with Crippen LogP contribution in [0.3, 0.4) is 0 Å². The van der Waals surface area contributed by atoms with Crippen molar-refractivity contribution in [3.05, 3.63) is 0 Å². The van der Waals surface area contributed by atoms with Gasteiger partial charge in [-0.05, 0) is 50.0 Å². The number of hydrogen-bond acceptors (Lipinski definition) is 4. The smallest absolute Gasteiger partial charge is 0.326 e. The van der Waals surface area contributed by atoms with Gasteiger partial charge in [0.1, 0.15) is 5.54 Å². The first-order valence-corrected chi connectivity index (χ1v) is 8.05. The molecule has 2 aliphatic rings. The molecule has 0 radical (unpaired) electrons. The molecule has 20 heavy (non-hydrogen) atoms. The monoisotopic (exact) mass is 282 g/mol. The topological polar surface area (TPSA) is 55.6 Å². The Kier molecular flexibility index (Phi) is 5.08. The summed E-state index contributed by atoms with van der Waals surface area (Å²) in [5.41, 5.74) is 5.60. The predicted molar refractivity (Wildman–Crippen MR) is 80.3 cm³/mol. The van der Waals surface area contributed by atoms with Crippen molar-refractivity contribution < 1.29 is 9.53 Å².